The summed E-state index contributed by atoms with van der Waals surface area (Å²) in [4.78, 5) is 39.2. The molecule has 3 N–H and O–H groups in total. The molecule has 3 rings (SSSR count). The first-order valence-electron chi connectivity index (χ1n) is 8.77. The van der Waals surface area contributed by atoms with Crippen LogP contribution >= 0.6 is 0 Å². The molecule has 138 valence electrons. The van der Waals surface area contributed by atoms with E-state index in [0.717, 1.165) is 29.3 Å². The van der Waals surface area contributed by atoms with Gasteiger partial charge in [0.05, 0.1) is 0 Å². The first-order valence-corrected chi connectivity index (χ1v) is 8.77. The Morgan fingerprint density at radius 1 is 1.27 bits per heavy atom. The number of nitrogens with one attached hydrogen (secondary N) is 3. The van der Waals surface area contributed by atoms with Crippen LogP contribution in [0.2, 0.25) is 0 Å². The Labute approximate surface area is 151 Å². The van der Waals surface area contributed by atoms with Gasteiger partial charge in [0.1, 0.15) is 6.04 Å². The summed E-state index contributed by atoms with van der Waals surface area (Å²) < 4.78 is 5.29. The predicted molar refractivity (Wildman–Crippen MR) is 96.3 cm³/mol. The monoisotopic (exact) mass is 357 g/mol. The third kappa shape index (κ3) is 4.41. The van der Waals surface area contributed by atoms with E-state index in [-0.39, 0.29) is 24.3 Å². The number of esters is 1. The molecule has 0 saturated heterocycles. The van der Waals surface area contributed by atoms with Crippen LogP contribution in [0.15, 0.2) is 30.5 Å². The van der Waals surface area contributed by atoms with Gasteiger partial charge in [0, 0.05) is 36.5 Å². The number of hydrogen-bond acceptors (Lipinski definition) is 4. The summed E-state index contributed by atoms with van der Waals surface area (Å²) >= 11 is 0. The summed E-state index contributed by atoms with van der Waals surface area (Å²) in [5.41, 5.74) is 1.85. The fraction of sp³-hybridized carbons (Fsp3) is 0.421. The van der Waals surface area contributed by atoms with E-state index < -0.39 is 18.1 Å². The summed E-state index contributed by atoms with van der Waals surface area (Å²) in [5.74, 6) is -1.26. The quantitative estimate of drug-likeness (QED) is 0.653. The van der Waals surface area contributed by atoms with Crippen molar-refractivity contribution in [2.45, 2.75) is 51.3 Å². The summed E-state index contributed by atoms with van der Waals surface area (Å²) in [5, 5.41) is 6.40. The summed E-state index contributed by atoms with van der Waals surface area (Å²) in [7, 11) is 0. The van der Waals surface area contributed by atoms with Crippen molar-refractivity contribution in [3.8, 4) is 0 Å². The summed E-state index contributed by atoms with van der Waals surface area (Å²) in [6, 6.07) is 7.06. The van der Waals surface area contributed by atoms with E-state index in [1.165, 1.54) is 13.8 Å². The van der Waals surface area contributed by atoms with E-state index >= 15 is 0 Å². The second-order valence-electron chi connectivity index (χ2n) is 6.68. The lowest BCUT2D eigenvalue weighted by Gasteiger charge is -2.19. The molecule has 7 nitrogen and oxygen atoms in total. The van der Waals surface area contributed by atoms with Gasteiger partial charge in [-0.1, -0.05) is 18.2 Å². The molecule has 1 fully saturated rings. The van der Waals surface area contributed by atoms with Gasteiger partial charge in [0.25, 0.3) is 5.91 Å². The number of carbonyl (C=O) groups excluding carboxylic acids is 3. The highest BCUT2D eigenvalue weighted by atomic mass is 16.5. The molecule has 1 aliphatic rings. The molecule has 2 aromatic rings. The fourth-order valence-electron chi connectivity index (χ4n) is 2.82. The fourth-order valence-corrected chi connectivity index (χ4v) is 2.82. The van der Waals surface area contributed by atoms with Gasteiger partial charge in [-0.25, -0.2) is 4.79 Å². The van der Waals surface area contributed by atoms with Crippen molar-refractivity contribution in [1.29, 1.82) is 0 Å². The zero-order chi connectivity index (χ0) is 18.7. The Hall–Kier alpha value is -2.83. The Kier molecular flexibility index (Phi) is 5.25. The zero-order valence-corrected chi connectivity index (χ0v) is 14.9. The van der Waals surface area contributed by atoms with Crippen LogP contribution in [-0.2, 0) is 25.5 Å². The topological polar surface area (TPSA) is 100 Å². The third-order valence-electron chi connectivity index (χ3n) is 4.35. The number of aromatic amines is 1. The Morgan fingerprint density at radius 3 is 2.69 bits per heavy atom. The van der Waals surface area contributed by atoms with E-state index in [1.807, 2.05) is 30.5 Å². The molecule has 1 aromatic carbocycles. The highest BCUT2D eigenvalue weighted by molar-refractivity contribution is 5.89. The van der Waals surface area contributed by atoms with Crippen LogP contribution in [0.25, 0.3) is 10.9 Å². The SMILES string of the molecule is CC(=O)N[C@@H](Cc1c[nH]c2ccccc12)C(=O)O[C@H](C)C(=O)NC1CC1. The second kappa shape index (κ2) is 7.59. The van der Waals surface area contributed by atoms with Gasteiger partial charge in [-0.05, 0) is 31.4 Å². The normalized spacial score (nSPS) is 15.9. The minimum atomic E-state index is -0.901. The van der Waals surface area contributed by atoms with Crippen LogP contribution in [0.4, 0.5) is 0 Å². The standard InChI is InChI=1S/C19H23N3O4/c1-11(18(24)22-14-7-8-14)26-19(25)17(21-12(2)23)9-13-10-20-16-6-4-3-5-15(13)16/h3-6,10-11,14,17,20H,7-9H2,1-2H3,(H,21,23)(H,22,24)/t11-,17+/m1/s1. The van der Waals surface area contributed by atoms with Crippen molar-refractivity contribution in [2.24, 2.45) is 0 Å². The van der Waals surface area contributed by atoms with Gasteiger partial charge in [-0.2, -0.15) is 0 Å². The number of carbonyl (C=O) groups is 3. The molecule has 2 atom stereocenters. The number of ether oxygens (including phenoxy) is 1. The van der Waals surface area contributed by atoms with Gasteiger partial charge < -0.3 is 20.4 Å². The molecule has 0 spiro atoms. The molecule has 0 radical (unpaired) electrons. The number of rotatable bonds is 7. The average molecular weight is 357 g/mol. The van der Waals surface area contributed by atoms with E-state index in [9.17, 15) is 14.4 Å². The average Bonchev–Trinajstić information content (AvgIpc) is 3.32. The maximum absolute atomic E-state index is 12.5. The highest BCUT2D eigenvalue weighted by Crippen LogP contribution is 2.20. The number of para-hydroxylation sites is 1. The number of amides is 2. The predicted octanol–water partition coefficient (Wildman–Crippen LogP) is 1.43. The molecule has 1 heterocycles. The molecule has 7 heteroatoms. The molecule has 0 unspecified atom stereocenters. The van der Waals surface area contributed by atoms with E-state index in [4.69, 9.17) is 4.74 Å². The Bertz CT molecular complexity index is 825. The van der Waals surface area contributed by atoms with Gasteiger partial charge in [-0.3, -0.25) is 9.59 Å². The first kappa shape index (κ1) is 18.0. The third-order valence-corrected chi connectivity index (χ3v) is 4.35. The van der Waals surface area contributed by atoms with Gasteiger partial charge in [-0.15, -0.1) is 0 Å². The minimum Gasteiger partial charge on any atom is -0.451 e. The first-order chi connectivity index (χ1) is 12.4. The van der Waals surface area contributed by atoms with Crippen LogP contribution in [0, 0.1) is 0 Å². The smallest absolute Gasteiger partial charge is 0.329 e. The highest BCUT2D eigenvalue weighted by Gasteiger charge is 2.30. The van der Waals surface area contributed by atoms with Gasteiger partial charge in [0.2, 0.25) is 5.91 Å². The summed E-state index contributed by atoms with van der Waals surface area (Å²) in [6.45, 7) is 2.88. The molecular formula is C19H23N3O4. The Morgan fingerprint density at radius 2 is 2.00 bits per heavy atom. The minimum absolute atomic E-state index is 0.195. The molecular weight excluding hydrogens is 334 g/mol. The van der Waals surface area contributed by atoms with Crippen LogP contribution in [0.1, 0.15) is 32.3 Å². The molecule has 1 saturated carbocycles. The summed E-state index contributed by atoms with van der Waals surface area (Å²) in [6.07, 6.45) is 3.11. The largest absolute Gasteiger partial charge is 0.451 e. The van der Waals surface area contributed by atoms with Crippen molar-refractivity contribution < 1.29 is 19.1 Å². The molecule has 0 aliphatic heterocycles. The van der Waals surface area contributed by atoms with Crippen molar-refractivity contribution in [2.75, 3.05) is 0 Å². The molecule has 1 aliphatic carbocycles. The van der Waals surface area contributed by atoms with Crippen LogP contribution in [0.5, 0.6) is 0 Å². The number of hydrogen-bond donors (Lipinski definition) is 3. The van der Waals surface area contributed by atoms with Crippen molar-refractivity contribution in [1.82, 2.24) is 15.6 Å². The van der Waals surface area contributed by atoms with Gasteiger partial charge in [0.15, 0.2) is 6.10 Å². The van der Waals surface area contributed by atoms with Crippen LogP contribution in [-0.4, -0.2) is 41.0 Å². The zero-order valence-electron chi connectivity index (χ0n) is 14.9. The number of benzene rings is 1. The van der Waals surface area contributed by atoms with E-state index in [2.05, 4.69) is 15.6 Å². The number of aromatic nitrogens is 1. The van der Waals surface area contributed by atoms with Crippen molar-refractivity contribution in [3.63, 3.8) is 0 Å². The van der Waals surface area contributed by atoms with Gasteiger partial charge >= 0.3 is 5.97 Å². The molecule has 2 amide bonds. The molecule has 26 heavy (non-hydrogen) atoms. The molecule has 0 bridgehead atoms. The number of H-pyrrole nitrogens is 1. The van der Waals surface area contributed by atoms with Crippen molar-refractivity contribution >= 4 is 28.7 Å². The maximum atomic E-state index is 12.5. The van der Waals surface area contributed by atoms with E-state index in [0.29, 0.717) is 0 Å². The van der Waals surface area contributed by atoms with Crippen LogP contribution < -0.4 is 10.6 Å². The lowest BCUT2D eigenvalue weighted by atomic mass is 10.0. The lowest BCUT2D eigenvalue weighted by Crippen LogP contribution is -2.45. The van der Waals surface area contributed by atoms with E-state index in [1.54, 1.807) is 0 Å². The lowest BCUT2D eigenvalue weighted by molar-refractivity contribution is -0.157. The molecule has 1 aromatic heterocycles. The van der Waals surface area contributed by atoms with Crippen LogP contribution in [0.3, 0.4) is 0 Å². The Balaban J connectivity index is 1.69. The van der Waals surface area contributed by atoms with Crippen molar-refractivity contribution in [3.05, 3.63) is 36.0 Å². The maximum Gasteiger partial charge on any atom is 0.329 e. The number of fused-ring (bicyclic) bond motifs is 1. The second-order valence-corrected chi connectivity index (χ2v) is 6.68.